The molecular weight excluding hydrogens is 220 g/mol. The lowest BCUT2D eigenvalue weighted by atomic mass is 10.2. The second-order valence-corrected chi connectivity index (χ2v) is 3.43. The lowest BCUT2D eigenvalue weighted by Gasteiger charge is -2.06. The first-order valence-corrected chi connectivity index (χ1v) is 4.95. The van der Waals surface area contributed by atoms with Crippen LogP contribution >= 0.6 is 0 Å². The van der Waals surface area contributed by atoms with Crippen molar-refractivity contribution in [1.82, 2.24) is 9.97 Å². The van der Waals surface area contributed by atoms with Crippen molar-refractivity contribution in [2.24, 2.45) is 0 Å². The van der Waals surface area contributed by atoms with Crippen molar-refractivity contribution in [2.45, 2.75) is 6.92 Å². The summed E-state index contributed by atoms with van der Waals surface area (Å²) < 4.78 is 5.37. The Balaban J connectivity index is 2.30. The summed E-state index contributed by atoms with van der Waals surface area (Å²) in [5.74, 6) is -0.650. The van der Waals surface area contributed by atoms with Gasteiger partial charge in [-0.1, -0.05) is 17.7 Å². The molecule has 0 spiro atoms. The van der Waals surface area contributed by atoms with E-state index in [1.54, 1.807) is 12.1 Å². The van der Waals surface area contributed by atoms with E-state index >= 15 is 0 Å². The van der Waals surface area contributed by atoms with E-state index in [1.165, 1.54) is 12.4 Å². The molecule has 86 valence electrons. The van der Waals surface area contributed by atoms with Crippen molar-refractivity contribution in [2.75, 3.05) is 0 Å². The number of carboxylic acid groups (broad SMARTS) is 1. The maximum Gasteiger partial charge on any atom is 0.360 e. The van der Waals surface area contributed by atoms with Crippen LogP contribution in [0.1, 0.15) is 16.1 Å². The Hall–Kier alpha value is -2.43. The minimum absolute atomic E-state index is 0.0103. The van der Waals surface area contributed by atoms with Crippen LogP contribution in [0.5, 0.6) is 11.6 Å². The molecule has 0 radical (unpaired) electrons. The number of aryl methyl sites for hydroxylation is 1. The van der Waals surface area contributed by atoms with E-state index < -0.39 is 5.97 Å². The minimum Gasteiger partial charge on any atom is -0.476 e. The van der Waals surface area contributed by atoms with Crippen LogP contribution in [0.4, 0.5) is 0 Å². The van der Waals surface area contributed by atoms with Gasteiger partial charge in [0.25, 0.3) is 5.88 Å². The molecule has 0 aliphatic heterocycles. The molecule has 0 amide bonds. The van der Waals surface area contributed by atoms with Crippen LogP contribution in [0.25, 0.3) is 0 Å². The van der Waals surface area contributed by atoms with Gasteiger partial charge in [-0.3, -0.25) is 0 Å². The van der Waals surface area contributed by atoms with Gasteiger partial charge < -0.3 is 9.84 Å². The minimum atomic E-state index is -1.17. The number of ether oxygens (including phenoxy) is 1. The average molecular weight is 230 g/mol. The monoisotopic (exact) mass is 230 g/mol. The summed E-state index contributed by atoms with van der Waals surface area (Å²) in [4.78, 5) is 18.4. The van der Waals surface area contributed by atoms with Gasteiger partial charge in [-0.2, -0.15) is 0 Å². The Kier molecular flexibility index (Phi) is 3.00. The number of hydrogen-bond acceptors (Lipinski definition) is 4. The molecule has 1 aromatic carbocycles. The highest BCUT2D eigenvalue weighted by atomic mass is 16.5. The van der Waals surface area contributed by atoms with Gasteiger partial charge >= 0.3 is 5.97 Å². The number of nitrogens with zero attached hydrogens (tertiary/aromatic N) is 2. The Morgan fingerprint density at radius 3 is 2.47 bits per heavy atom. The number of aromatic nitrogens is 2. The van der Waals surface area contributed by atoms with Gasteiger partial charge in [0.1, 0.15) is 5.75 Å². The molecule has 1 aromatic heterocycles. The van der Waals surface area contributed by atoms with E-state index in [-0.39, 0.29) is 11.6 Å². The Morgan fingerprint density at radius 1 is 1.18 bits per heavy atom. The molecule has 0 bridgehead atoms. The molecule has 1 heterocycles. The SMILES string of the molecule is Cc1ccc(Oc2nccnc2C(=O)O)cc1. The maximum absolute atomic E-state index is 10.9. The first-order chi connectivity index (χ1) is 8.16. The lowest BCUT2D eigenvalue weighted by Crippen LogP contribution is -2.04. The molecule has 1 N–H and O–H groups in total. The van der Waals surface area contributed by atoms with Crippen LogP contribution in [0.15, 0.2) is 36.7 Å². The fraction of sp³-hybridized carbons (Fsp3) is 0.0833. The Labute approximate surface area is 97.7 Å². The third-order valence-electron chi connectivity index (χ3n) is 2.10. The second-order valence-electron chi connectivity index (χ2n) is 3.43. The molecule has 2 rings (SSSR count). The number of benzene rings is 1. The number of rotatable bonds is 3. The standard InChI is InChI=1S/C12H10N2O3/c1-8-2-4-9(5-3-8)17-11-10(12(15)16)13-6-7-14-11/h2-7H,1H3,(H,15,16). The van der Waals surface area contributed by atoms with Crippen molar-refractivity contribution in [3.8, 4) is 11.6 Å². The van der Waals surface area contributed by atoms with Gasteiger partial charge in [0.05, 0.1) is 0 Å². The van der Waals surface area contributed by atoms with E-state index in [0.29, 0.717) is 5.75 Å². The largest absolute Gasteiger partial charge is 0.476 e. The van der Waals surface area contributed by atoms with E-state index in [1.807, 2.05) is 19.1 Å². The Morgan fingerprint density at radius 2 is 1.82 bits per heavy atom. The molecule has 17 heavy (non-hydrogen) atoms. The van der Waals surface area contributed by atoms with Crippen molar-refractivity contribution in [1.29, 1.82) is 0 Å². The predicted octanol–water partition coefficient (Wildman–Crippen LogP) is 2.28. The third kappa shape index (κ3) is 2.57. The fourth-order valence-corrected chi connectivity index (χ4v) is 1.26. The Bertz CT molecular complexity index is 538. The summed E-state index contributed by atoms with van der Waals surface area (Å²) in [7, 11) is 0. The van der Waals surface area contributed by atoms with E-state index in [9.17, 15) is 4.79 Å². The van der Waals surface area contributed by atoms with Gasteiger partial charge in [0, 0.05) is 12.4 Å². The smallest absolute Gasteiger partial charge is 0.360 e. The zero-order valence-electron chi connectivity index (χ0n) is 9.12. The number of carbonyl (C=O) groups is 1. The molecule has 0 fully saturated rings. The van der Waals surface area contributed by atoms with Gasteiger partial charge in [0.2, 0.25) is 5.69 Å². The zero-order chi connectivity index (χ0) is 12.3. The van der Waals surface area contributed by atoms with Crippen molar-refractivity contribution in [3.63, 3.8) is 0 Å². The normalized spacial score (nSPS) is 9.94. The summed E-state index contributed by atoms with van der Waals surface area (Å²) in [5.41, 5.74) is 0.892. The van der Waals surface area contributed by atoms with Crippen LogP contribution in [0, 0.1) is 6.92 Å². The van der Waals surface area contributed by atoms with Crippen molar-refractivity contribution >= 4 is 5.97 Å². The van der Waals surface area contributed by atoms with Gasteiger partial charge in [-0.15, -0.1) is 0 Å². The van der Waals surface area contributed by atoms with Gasteiger partial charge in [0.15, 0.2) is 0 Å². The van der Waals surface area contributed by atoms with Gasteiger partial charge in [-0.25, -0.2) is 14.8 Å². The van der Waals surface area contributed by atoms with E-state index in [4.69, 9.17) is 9.84 Å². The molecule has 0 aliphatic rings. The summed E-state index contributed by atoms with van der Waals surface area (Å²) in [6.45, 7) is 1.95. The lowest BCUT2D eigenvalue weighted by molar-refractivity contribution is 0.0686. The molecule has 0 atom stereocenters. The summed E-state index contributed by atoms with van der Waals surface area (Å²) in [6, 6.07) is 7.23. The second kappa shape index (κ2) is 4.61. The van der Waals surface area contributed by atoms with Gasteiger partial charge in [-0.05, 0) is 19.1 Å². The topological polar surface area (TPSA) is 72.3 Å². The highest BCUT2D eigenvalue weighted by Gasteiger charge is 2.14. The molecular formula is C12H10N2O3. The van der Waals surface area contributed by atoms with Crippen molar-refractivity contribution < 1.29 is 14.6 Å². The van der Waals surface area contributed by atoms with E-state index in [0.717, 1.165) is 5.56 Å². The van der Waals surface area contributed by atoms with Crippen LogP contribution in [-0.4, -0.2) is 21.0 Å². The first-order valence-electron chi connectivity index (χ1n) is 4.95. The number of aromatic carboxylic acids is 1. The number of hydrogen-bond donors (Lipinski definition) is 1. The summed E-state index contributed by atoms with van der Waals surface area (Å²) >= 11 is 0. The summed E-state index contributed by atoms with van der Waals surface area (Å²) in [6.07, 6.45) is 2.70. The third-order valence-corrected chi connectivity index (χ3v) is 2.10. The van der Waals surface area contributed by atoms with Crippen LogP contribution in [-0.2, 0) is 0 Å². The molecule has 5 nitrogen and oxygen atoms in total. The van der Waals surface area contributed by atoms with Crippen molar-refractivity contribution in [3.05, 3.63) is 47.9 Å². The molecule has 0 unspecified atom stereocenters. The summed E-state index contributed by atoms with van der Waals surface area (Å²) in [5, 5.41) is 8.91. The molecule has 0 saturated carbocycles. The molecule has 2 aromatic rings. The molecule has 0 aliphatic carbocycles. The average Bonchev–Trinajstić information content (AvgIpc) is 2.32. The highest BCUT2D eigenvalue weighted by molar-refractivity contribution is 5.87. The van der Waals surface area contributed by atoms with Crippen LogP contribution in [0.3, 0.4) is 0 Å². The van der Waals surface area contributed by atoms with E-state index in [2.05, 4.69) is 9.97 Å². The molecule has 5 heteroatoms. The predicted molar refractivity (Wildman–Crippen MR) is 60.2 cm³/mol. The first kappa shape index (κ1) is 11.1. The zero-order valence-corrected chi connectivity index (χ0v) is 9.12. The quantitative estimate of drug-likeness (QED) is 0.875. The number of carboxylic acids is 1. The highest BCUT2D eigenvalue weighted by Crippen LogP contribution is 2.21. The molecule has 0 saturated heterocycles. The van der Waals surface area contributed by atoms with Crippen LogP contribution in [0.2, 0.25) is 0 Å². The fourth-order valence-electron chi connectivity index (χ4n) is 1.26. The maximum atomic E-state index is 10.9. The van der Waals surface area contributed by atoms with Crippen LogP contribution < -0.4 is 4.74 Å².